The number of amides is 2. The summed E-state index contributed by atoms with van der Waals surface area (Å²) in [6, 6.07) is 25.2. The molecule has 4 aliphatic rings. The van der Waals surface area contributed by atoms with Gasteiger partial charge in [0, 0.05) is 54.0 Å². The number of hydrogen-bond donors (Lipinski definition) is 3. The Morgan fingerprint density at radius 3 is 1.38 bits per heavy atom. The third-order valence-electron chi connectivity index (χ3n) is 17.9. The Balaban J connectivity index is 0.000000735. The number of rotatable bonds is 16. The van der Waals surface area contributed by atoms with Gasteiger partial charge in [-0.3, -0.25) is 14.4 Å². The summed E-state index contributed by atoms with van der Waals surface area (Å²) < 4.78 is 69.9. The van der Waals surface area contributed by atoms with Gasteiger partial charge in [-0.25, -0.2) is 45.6 Å². The summed E-state index contributed by atoms with van der Waals surface area (Å²) in [6.07, 6.45) is 5.70. The molecule has 0 bridgehead atoms. The van der Waals surface area contributed by atoms with Gasteiger partial charge in [0.05, 0.1) is 34.1 Å². The van der Waals surface area contributed by atoms with Crippen molar-refractivity contribution in [2.75, 3.05) is 31.2 Å². The minimum Gasteiger partial charge on any atom is -1.00 e. The first kappa shape index (κ1) is 83.4. The van der Waals surface area contributed by atoms with Crippen molar-refractivity contribution in [3.8, 4) is 23.4 Å². The molecule has 0 spiro atoms. The number of benzene rings is 2. The molecule has 21 nitrogen and oxygen atoms in total. The molecule has 2 atom stereocenters. The molecule has 486 valence electrons. The number of aromatic nitrogens is 6. The first-order valence-corrected chi connectivity index (χ1v) is 31.5. The predicted molar refractivity (Wildman–Crippen MR) is 350 cm³/mol. The summed E-state index contributed by atoms with van der Waals surface area (Å²) in [5, 5.41) is 20.7. The first-order chi connectivity index (χ1) is 39.6. The van der Waals surface area contributed by atoms with E-state index in [-0.39, 0.29) is 203 Å². The monoisotopic (exact) mass is 1410 g/mol. The number of halogens is 2. The third-order valence-corrected chi connectivity index (χ3v) is 20.9. The molecule has 10 rings (SSSR count). The van der Waals surface area contributed by atoms with Gasteiger partial charge in [0.2, 0.25) is 11.8 Å². The molecule has 2 aliphatic carbocycles. The van der Waals surface area contributed by atoms with E-state index >= 15 is 0 Å². The van der Waals surface area contributed by atoms with Crippen LogP contribution in [-0.2, 0) is 29.7 Å². The molecule has 2 amide bonds. The van der Waals surface area contributed by atoms with Crippen LogP contribution in [0.25, 0.3) is 11.6 Å². The average molecular weight is 1410 g/mol. The smallest absolute Gasteiger partial charge is 1.00 e. The maximum atomic E-state index is 13.4. The number of anilines is 1. The molecule has 3 N–H and O–H groups in total. The molecule has 2 saturated carbocycles. The molecule has 90 heavy (non-hydrogen) atoms. The standard InChI is InChI=1S/C30H39N5O4S.C23H25ClN4O4S.C7H15N.CH2O3.ClH.2K.2H2S.H/c1-20-17-28(2,3)34(18-20)26-22(27(36)33-40(37,38)21-11-9-8-10-12-21)13-14-24(31-26)35-16-15-25(32-35)39-19-23-29(4,5)30(23,6)7;1-22(2)17(23(22,3)4)14-32-19-12-13-28(26-19)18-11-10-16(20(24)25-18)21(29)27-33(30,31)15-8-6-5-7-9-15;1-6-4-7(2,3)8-5-6;2-1-4-3;;;;;;/h8-16,20,23H,17-19H2,1-7H3,(H,33,36);5-13,17H,14H2,1-4H3,(H,27,29);6,8H,4-5H2,1-3H3;1,3H;1H;;;2*1H2;/q;;;;;2*+1;;;-1/p-1/t20-;;6-;;;;;;;/m0.0......./s1. The van der Waals surface area contributed by atoms with Crippen LogP contribution in [0.1, 0.15) is 132 Å². The molecule has 0 unspecified atom stereocenters. The van der Waals surface area contributed by atoms with Crippen molar-refractivity contribution in [1.29, 1.82) is 0 Å². The van der Waals surface area contributed by atoms with E-state index in [0.29, 0.717) is 72.3 Å². The summed E-state index contributed by atoms with van der Waals surface area (Å²) in [4.78, 5) is 48.3. The molecule has 4 fully saturated rings. The Morgan fingerprint density at radius 2 is 1.04 bits per heavy atom. The van der Waals surface area contributed by atoms with Gasteiger partial charge in [-0.2, -0.15) is 27.0 Å². The van der Waals surface area contributed by atoms with Gasteiger partial charge in [-0.15, -0.1) is 22.6 Å². The van der Waals surface area contributed by atoms with Crippen molar-refractivity contribution >= 4 is 95.2 Å². The van der Waals surface area contributed by atoms with Gasteiger partial charge in [0.25, 0.3) is 38.3 Å². The Labute approximate surface area is 642 Å². The number of carbonyl (C=O) groups is 3. The fraction of sp³-hybridized carbons (Fsp3) is 0.492. The Kier molecular flexibility index (Phi) is 30.9. The zero-order valence-electron chi connectivity index (χ0n) is 55.2. The summed E-state index contributed by atoms with van der Waals surface area (Å²) in [5.41, 5.74) is 1.13. The van der Waals surface area contributed by atoms with Crippen molar-refractivity contribution in [2.24, 2.45) is 45.3 Å². The normalized spacial score (nSPS) is 19.0. The van der Waals surface area contributed by atoms with E-state index in [1.807, 2.05) is 4.72 Å². The van der Waals surface area contributed by atoms with Crippen LogP contribution >= 0.6 is 51.0 Å². The van der Waals surface area contributed by atoms with Crippen LogP contribution in [0.2, 0.25) is 5.15 Å². The second-order valence-corrected chi connectivity index (χ2v) is 29.6. The molecule has 0 radical (unpaired) electrons. The van der Waals surface area contributed by atoms with Crippen molar-refractivity contribution < 1.29 is 155 Å². The molecule has 2 aromatic carbocycles. The molecule has 29 heteroatoms. The molecule has 6 aromatic rings. The Hall–Kier alpha value is -2.66. The number of pyridine rings is 2. The van der Waals surface area contributed by atoms with Gasteiger partial charge < -0.3 is 31.3 Å². The van der Waals surface area contributed by atoms with Crippen LogP contribution < -0.4 is 137 Å². The fourth-order valence-corrected chi connectivity index (χ4v) is 13.8. The second kappa shape index (κ2) is 33.3. The predicted octanol–water partition coefficient (Wildman–Crippen LogP) is 3.77. The summed E-state index contributed by atoms with van der Waals surface area (Å²) in [6.45, 7) is 34.0. The van der Waals surface area contributed by atoms with Crippen LogP contribution in [0, 0.1) is 45.3 Å². The fourth-order valence-electron chi connectivity index (χ4n) is 11.6. The molecule has 4 aromatic heterocycles. The van der Waals surface area contributed by atoms with Gasteiger partial charge in [-0.05, 0) is 129 Å². The minimum absolute atomic E-state index is 0. The van der Waals surface area contributed by atoms with Gasteiger partial charge in [0.15, 0.2) is 11.6 Å². The maximum absolute atomic E-state index is 13.4. The topological polar surface area (TPSA) is 271 Å². The number of ether oxygens (including phenoxy) is 2. The number of sulfonamides is 2. The first-order valence-electron chi connectivity index (χ1n) is 28.1. The summed E-state index contributed by atoms with van der Waals surface area (Å²) in [5.74, 6) is 2.80. The van der Waals surface area contributed by atoms with Crippen molar-refractivity contribution in [1.82, 2.24) is 44.3 Å². The maximum Gasteiger partial charge on any atom is 1.00 e. The number of nitrogens with one attached hydrogen (secondary N) is 3. The molecule has 2 aliphatic heterocycles. The quantitative estimate of drug-likeness (QED) is 0.0409. The average Bonchev–Trinajstić information content (AvgIpc) is 1.73. The number of hydrogen-bond acceptors (Lipinski definition) is 17. The van der Waals surface area contributed by atoms with Gasteiger partial charge in [0.1, 0.15) is 11.0 Å². The number of carbonyl (C=O) groups excluding carboxylic acids is 3. The van der Waals surface area contributed by atoms with Crippen molar-refractivity contribution in [3.05, 3.63) is 126 Å². The zero-order chi connectivity index (χ0) is 62.7. The summed E-state index contributed by atoms with van der Waals surface area (Å²) >= 11 is 6.19. The van der Waals surface area contributed by atoms with Crippen molar-refractivity contribution in [3.63, 3.8) is 0 Å². The summed E-state index contributed by atoms with van der Waals surface area (Å²) in [7, 11) is -8.08. The molecule has 6 heterocycles. The van der Waals surface area contributed by atoms with Crippen LogP contribution in [-0.4, -0.2) is 102 Å². The van der Waals surface area contributed by atoms with Crippen LogP contribution in [0.4, 0.5) is 5.82 Å². The zero-order valence-corrected chi connectivity index (χ0v) is 65.7. The molecular weight excluding hydrogens is 1330 g/mol. The Morgan fingerprint density at radius 1 is 0.644 bits per heavy atom. The van der Waals surface area contributed by atoms with Crippen LogP contribution in [0.5, 0.6) is 11.8 Å². The van der Waals surface area contributed by atoms with E-state index < -0.39 is 31.9 Å². The second-order valence-electron chi connectivity index (χ2n) is 25.9. The van der Waals surface area contributed by atoms with Crippen LogP contribution in [0.3, 0.4) is 0 Å². The minimum atomic E-state index is -4.05. The van der Waals surface area contributed by atoms with E-state index in [2.05, 4.69) is 132 Å². The van der Waals surface area contributed by atoms with E-state index in [9.17, 15) is 26.4 Å². The SMILES string of the molecule is CC1(C)C(COc2ccn(-c3ccc(C(=O)NS(=O)(=O)c4ccccc4)c(Cl)n3)n2)C1(C)C.C[C@@H]1CN(c2nc(-n3ccc(OCC4C(C)(C)C4(C)C)n3)ccc2C(=O)NS(=O)(=O)c2ccccc2)C(C)(C)C1.C[C@@H]1CNC(C)(C)C1.Cl.O=CO[O-].S.S.[H-].[K+].[K+]. The van der Waals surface area contributed by atoms with E-state index in [4.69, 9.17) is 36.1 Å². The molecule has 2 saturated heterocycles. The van der Waals surface area contributed by atoms with Crippen LogP contribution in [0.15, 0.2) is 119 Å². The van der Waals surface area contributed by atoms with Crippen molar-refractivity contribution in [2.45, 2.75) is 131 Å². The third kappa shape index (κ3) is 20.0. The largest absolute Gasteiger partial charge is 1.00 e. The van der Waals surface area contributed by atoms with E-state index in [1.54, 1.807) is 77.7 Å². The molecular formula is C61H86Cl2K2N10O11S4. The van der Waals surface area contributed by atoms with E-state index in [1.165, 1.54) is 54.0 Å². The Bertz CT molecular complexity index is 3580. The van der Waals surface area contributed by atoms with Gasteiger partial charge in [-0.1, -0.05) is 117 Å². The van der Waals surface area contributed by atoms with E-state index in [0.717, 1.165) is 12.3 Å². The van der Waals surface area contributed by atoms with Gasteiger partial charge >= 0.3 is 103 Å². The number of nitrogens with zero attached hydrogens (tertiary/aromatic N) is 7.